The van der Waals surface area contributed by atoms with Gasteiger partial charge in [0.2, 0.25) is 0 Å². The van der Waals surface area contributed by atoms with Crippen LogP contribution in [0.2, 0.25) is 0 Å². The molecule has 0 unspecified atom stereocenters. The smallest absolute Gasteiger partial charge is 0.170 e. The lowest BCUT2D eigenvalue weighted by molar-refractivity contribution is 0.0919. The Kier molecular flexibility index (Phi) is 0.856. The predicted molar refractivity (Wildman–Crippen MR) is 44.0 cm³/mol. The number of Topliss-reactive ketones (excluding diaryl/α,β-unsaturated/α-hetero) is 1. The van der Waals surface area contributed by atoms with E-state index in [-0.39, 0.29) is 5.41 Å². The Bertz CT molecular complexity index is 333. The van der Waals surface area contributed by atoms with Crippen molar-refractivity contribution in [2.45, 2.75) is 19.3 Å². The zero-order valence-corrected chi connectivity index (χ0v) is 6.91. The zero-order valence-electron chi connectivity index (χ0n) is 6.09. The van der Waals surface area contributed by atoms with Gasteiger partial charge in [-0.3, -0.25) is 4.79 Å². The van der Waals surface area contributed by atoms with Gasteiger partial charge in [-0.05, 0) is 30.2 Å². The molecule has 1 saturated carbocycles. The molecule has 1 fully saturated rings. The van der Waals surface area contributed by atoms with Gasteiger partial charge >= 0.3 is 0 Å². The fraction of sp³-hybridized carbons (Fsp3) is 0.444. The quantitative estimate of drug-likeness (QED) is 0.575. The minimum Gasteiger partial charge on any atom is -0.294 e. The number of carbonyl (C=O) groups excluding carboxylic acids is 1. The molecule has 0 saturated heterocycles. The topological polar surface area (TPSA) is 17.1 Å². The van der Waals surface area contributed by atoms with E-state index in [4.69, 9.17) is 0 Å². The van der Waals surface area contributed by atoms with Crippen molar-refractivity contribution in [1.82, 2.24) is 0 Å². The first-order chi connectivity index (χ1) is 5.32. The first-order valence-electron chi connectivity index (χ1n) is 3.92. The fourth-order valence-electron chi connectivity index (χ4n) is 1.94. The Morgan fingerprint density at radius 1 is 1.36 bits per heavy atom. The summed E-state index contributed by atoms with van der Waals surface area (Å²) in [5.74, 6) is 0.425. The second kappa shape index (κ2) is 1.58. The van der Waals surface area contributed by atoms with Crippen LogP contribution in [0, 0.1) is 5.41 Å². The van der Waals surface area contributed by atoms with Gasteiger partial charge in [0.05, 0.1) is 0 Å². The van der Waals surface area contributed by atoms with Crippen LogP contribution in [0.25, 0.3) is 0 Å². The zero-order chi connectivity index (χ0) is 7.47. The number of thiophene rings is 1. The summed E-state index contributed by atoms with van der Waals surface area (Å²) in [6, 6.07) is 0. The molecule has 2 heteroatoms. The lowest BCUT2D eigenvalue weighted by Gasteiger charge is -1.99. The molecule has 0 aliphatic heterocycles. The van der Waals surface area contributed by atoms with E-state index in [1.165, 1.54) is 5.56 Å². The van der Waals surface area contributed by atoms with Gasteiger partial charge in [-0.1, -0.05) is 0 Å². The Balaban J connectivity index is 2.19. The molecular formula is C9H8OS. The lowest BCUT2D eigenvalue weighted by atomic mass is 10.0. The minimum absolute atomic E-state index is 0.110. The van der Waals surface area contributed by atoms with Crippen molar-refractivity contribution in [2.75, 3.05) is 0 Å². The highest BCUT2D eigenvalue weighted by atomic mass is 32.1. The van der Waals surface area contributed by atoms with E-state index in [1.54, 1.807) is 11.3 Å². The van der Waals surface area contributed by atoms with Crippen LogP contribution in [-0.2, 0) is 6.42 Å². The third kappa shape index (κ3) is 0.590. The SMILES string of the molecule is O=C1c2cscc2CC12CC2. The molecular weight excluding hydrogens is 156 g/mol. The molecule has 56 valence electrons. The van der Waals surface area contributed by atoms with E-state index in [0.29, 0.717) is 5.78 Å². The Morgan fingerprint density at radius 2 is 2.18 bits per heavy atom. The monoisotopic (exact) mass is 164 g/mol. The van der Waals surface area contributed by atoms with Crippen LogP contribution in [-0.4, -0.2) is 5.78 Å². The fourth-order valence-corrected chi connectivity index (χ4v) is 2.78. The van der Waals surface area contributed by atoms with Gasteiger partial charge in [-0.25, -0.2) is 0 Å². The van der Waals surface area contributed by atoms with Crippen molar-refractivity contribution in [3.05, 3.63) is 21.9 Å². The number of fused-ring (bicyclic) bond motifs is 1. The van der Waals surface area contributed by atoms with E-state index in [2.05, 4.69) is 5.38 Å². The maximum absolute atomic E-state index is 11.6. The van der Waals surface area contributed by atoms with Crippen molar-refractivity contribution >= 4 is 17.1 Å². The van der Waals surface area contributed by atoms with E-state index in [0.717, 1.165) is 24.8 Å². The van der Waals surface area contributed by atoms with Crippen LogP contribution in [0.15, 0.2) is 10.8 Å². The van der Waals surface area contributed by atoms with Crippen LogP contribution >= 0.6 is 11.3 Å². The van der Waals surface area contributed by atoms with E-state index in [9.17, 15) is 4.79 Å². The molecule has 1 aromatic heterocycles. The first-order valence-corrected chi connectivity index (χ1v) is 4.86. The van der Waals surface area contributed by atoms with E-state index >= 15 is 0 Å². The van der Waals surface area contributed by atoms with E-state index in [1.807, 2.05) is 5.38 Å². The summed E-state index contributed by atoms with van der Waals surface area (Å²) >= 11 is 1.65. The number of carbonyl (C=O) groups is 1. The molecule has 0 atom stereocenters. The van der Waals surface area contributed by atoms with Crippen molar-refractivity contribution < 1.29 is 4.79 Å². The molecule has 1 aromatic rings. The summed E-state index contributed by atoms with van der Waals surface area (Å²) in [6.45, 7) is 0. The predicted octanol–water partition coefficient (Wildman–Crippen LogP) is 2.27. The highest BCUT2D eigenvalue weighted by Crippen LogP contribution is 2.55. The van der Waals surface area contributed by atoms with Gasteiger partial charge in [0.15, 0.2) is 5.78 Å². The first kappa shape index (κ1) is 5.95. The molecule has 0 aromatic carbocycles. The maximum Gasteiger partial charge on any atom is 0.170 e. The maximum atomic E-state index is 11.6. The Hall–Kier alpha value is -0.630. The van der Waals surface area contributed by atoms with Crippen molar-refractivity contribution in [2.24, 2.45) is 5.41 Å². The molecule has 2 aliphatic carbocycles. The van der Waals surface area contributed by atoms with Gasteiger partial charge in [0.1, 0.15) is 0 Å². The minimum atomic E-state index is 0.110. The molecule has 0 amide bonds. The molecule has 1 heterocycles. The molecule has 1 nitrogen and oxygen atoms in total. The highest BCUT2D eigenvalue weighted by molar-refractivity contribution is 7.08. The van der Waals surface area contributed by atoms with Crippen molar-refractivity contribution in [1.29, 1.82) is 0 Å². The van der Waals surface area contributed by atoms with Crippen LogP contribution in [0.3, 0.4) is 0 Å². The summed E-state index contributed by atoms with van der Waals surface area (Å²) in [5, 5.41) is 4.13. The standard InChI is InChI=1S/C9H8OS/c10-8-7-5-11-4-6(7)3-9(8)1-2-9/h4-5H,1-3H2. The number of hydrogen-bond acceptors (Lipinski definition) is 2. The molecule has 1 spiro atoms. The van der Waals surface area contributed by atoms with E-state index < -0.39 is 0 Å². The largest absolute Gasteiger partial charge is 0.294 e. The number of ketones is 1. The number of hydrogen-bond donors (Lipinski definition) is 0. The summed E-state index contributed by atoms with van der Waals surface area (Å²) in [4.78, 5) is 11.6. The molecule has 11 heavy (non-hydrogen) atoms. The van der Waals surface area contributed by atoms with Crippen LogP contribution in [0.1, 0.15) is 28.8 Å². The average Bonchev–Trinajstić information content (AvgIpc) is 2.53. The van der Waals surface area contributed by atoms with Gasteiger partial charge in [0, 0.05) is 16.4 Å². The van der Waals surface area contributed by atoms with Gasteiger partial charge in [-0.15, -0.1) is 0 Å². The Labute approximate surface area is 69.0 Å². The van der Waals surface area contributed by atoms with Gasteiger partial charge < -0.3 is 0 Å². The second-order valence-corrected chi connectivity index (χ2v) is 4.34. The summed E-state index contributed by atoms with van der Waals surface area (Å²) in [5.41, 5.74) is 2.43. The third-order valence-corrected chi connectivity index (χ3v) is 3.64. The van der Waals surface area contributed by atoms with Crippen molar-refractivity contribution in [3.63, 3.8) is 0 Å². The molecule has 0 N–H and O–H groups in total. The lowest BCUT2D eigenvalue weighted by Crippen LogP contribution is -2.08. The molecule has 0 bridgehead atoms. The highest BCUT2D eigenvalue weighted by Gasteiger charge is 2.54. The molecule has 3 rings (SSSR count). The third-order valence-electron chi connectivity index (χ3n) is 2.85. The average molecular weight is 164 g/mol. The van der Waals surface area contributed by atoms with Crippen LogP contribution in [0.4, 0.5) is 0 Å². The number of rotatable bonds is 0. The summed E-state index contributed by atoms with van der Waals surface area (Å²) < 4.78 is 0. The normalized spacial score (nSPS) is 24.2. The molecule has 0 radical (unpaired) electrons. The summed E-state index contributed by atoms with van der Waals surface area (Å²) in [7, 11) is 0. The van der Waals surface area contributed by atoms with Gasteiger partial charge in [-0.2, -0.15) is 11.3 Å². The van der Waals surface area contributed by atoms with Crippen LogP contribution < -0.4 is 0 Å². The second-order valence-electron chi connectivity index (χ2n) is 3.60. The van der Waals surface area contributed by atoms with Gasteiger partial charge in [0.25, 0.3) is 0 Å². The Morgan fingerprint density at radius 3 is 2.82 bits per heavy atom. The molecule has 2 aliphatic rings. The van der Waals surface area contributed by atoms with Crippen LogP contribution in [0.5, 0.6) is 0 Å². The summed E-state index contributed by atoms with van der Waals surface area (Å²) in [6.07, 6.45) is 3.29. The van der Waals surface area contributed by atoms with Crippen molar-refractivity contribution in [3.8, 4) is 0 Å².